The Hall–Kier alpha value is -0.905. The molecule has 0 saturated carbocycles. The first kappa shape index (κ1) is 13.5. The summed E-state index contributed by atoms with van der Waals surface area (Å²) in [4.78, 5) is 14.9. The van der Waals surface area contributed by atoms with Crippen molar-refractivity contribution in [2.24, 2.45) is 0 Å². The summed E-state index contributed by atoms with van der Waals surface area (Å²) >= 11 is 5.94. The van der Waals surface area contributed by atoms with Crippen molar-refractivity contribution < 1.29 is 14.1 Å². The van der Waals surface area contributed by atoms with Gasteiger partial charge in [-0.2, -0.15) is 0 Å². The number of hydrogen-bond acceptors (Lipinski definition) is 4. The molecule has 6 heteroatoms. The lowest BCUT2D eigenvalue weighted by Crippen LogP contribution is -2.41. The Labute approximate surface area is 112 Å². The molecule has 0 spiro atoms. The molecule has 1 aromatic rings. The fourth-order valence-electron chi connectivity index (χ4n) is 1.68. The van der Waals surface area contributed by atoms with Gasteiger partial charge in [-0.05, 0) is 39.8 Å². The van der Waals surface area contributed by atoms with Gasteiger partial charge in [0.2, 0.25) is 0 Å². The van der Waals surface area contributed by atoms with E-state index in [1.807, 2.05) is 27.7 Å². The summed E-state index contributed by atoms with van der Waals surface area (Å²) in [6.45, 7) is 7.83. The number of halogens is 1. The van der Waals surface area contributed by atoms with Crippen LogP contribution in [0.25, 0.3) is 0 Å². The number of rotatable bonds is 2. The van der Waals surface area contributed by atoms with Gasteiger partial charge in [0.25, 0.3) is 0 Å². The van der Waals surface area contributed by atoms with Crippen molar-refractivity contribution in [3.63, 3.8) is 0 Å². The van der Waals surface area contributed by atoms with Crippen molar-refractivity contribution in [1.29, 1.82) is 0 Å². The lowest BCUT2D eigenvalue weighted by atomic mass is 9.84. The van der Waals surface area contributed by atoms with Gasteiger partial charge in [-0.15, -0.1) is 0 Å². The zero-order valence-corrected chi connectivity index (χ0v) is 11.6. The number of aldehydes is 1. The van der Waals surface area contributed by atoms with Gasteiger partial charge >= 0.3 is 7.12 Å². The molecule has 1 aromatic heterocycles. The molecule has 18 heavy (non-hydrogen) atoms. The highest BCUT2D eigenvalue weighted by molar-refractivity contribution is 6.61. The number of carbonyl (C=O) groups excluding carboxylic acids is 1. The fraction of sp³-hybridized carbons (Fsp3) is 0.500. The van der Waals surface area contributed by atoms with Gasteiger partial charge in [0.1, 0.15) is 5.69 Å². The molecular weight excluding hydrogens is 252 g/mol. The van der Waals surface area contributed by atoms with Crippen LogP contribution in [0.15, 0.2) is 12.1 Å². The molecular formula is C12H15BClNO3. The van der Waals surface area contributed by atoms with Crippen molar-refractivity contribution in [2.75, 3.05) is 0 Å². The summed E-state index contributed by atoms with van der Waals surface area (Å²) in [5.41, 5.74) is -0.0955. The molecule has 0 amide bonds. The Morgan fingerprint density at radius 3 is 2.28 bits per heavy atom. The zero-order chi connectivity index (χ0) is 13.6. The molecule has 96 valence electrons. The van der Waals surface area contributed by atoms with Crippen LogP contribution >= 0.6 is 11.6 Å². The second kappa shape index (κ2) is 4.33. The van der Waals surface area contributed by atoms with Gasteiger partial charge in [-0.1, -0.05) is 11.6 Å². The van der Waals surface area contributed by atoms with Crippen LogP contribution in [-0.2, 0) is 9.31 Å². The predicted octanol–water partition coefficient (Wildman–Crippen LogP) is 1.85. The largest absolute Gasteiger partial charge is 0.514 e. The Balaban J connectivity index is 2.35. The molecule has 1 aliphatic heterocycles. The topological polar surface area (TPSA) is 48.4 Å². The maximum Gasteiger partial charge on any atom is 0.514 e. The number of hydrogen-bond donors (Lipinski definition) is 0. The minimum absolute atomic E-state index is 0.271. The first-order valence-corrected chi connectivity index (χ1v) is 6.11. The third kappa shape index (κ3) is 2.30. The number of pyridine rings is 1. The third-order valence-electron chi connectivity index (χ3n) is 3.45. The first-order valence-electron chi connectivity index (χ1n) is 5.73. The molecule has 0 atom stereocenters. The quantitative estimate of drug-likeness (QED) is 0.606. The second-order valence-electron chi connectivity index (χ2n) is 5.34. The normalized spacial score (nSPS) is 21.1. The summed E-state index contributed by atoms with van der Waals surface area (Å²) in [6.07, 6.45) is 0.653. The summed E-state index contributed by atoms with van der Waals surface area (Å²) in [5, 5.41) is 0.441. The molecule has 0 N–H and O–H groups in total. The van der Waals surface area contributed by atoms with Gasteiger partial charge in [-0.3, -0.25) is 9.78 Å². The Bertz CT molecular complexity index is 474. The van der Waals surface area contributed by atoms with Crippen LogP contribution in [0.2, 0.25) is 5.02 Å². The van der Waals surface area contributed by atoms with Gasteiger partial charge in [-0.25, -0.2) is 0 Å². The highest BCUT2D eigenvalue weighted by atomic mass is 35.5. The van der Waals surface area contributed by atoms with Crippen molar-refractivity contribution in [2.45, 2.75) is 38.9 Å². The predicted molar refractivity (Wildman–Crippen MR) is 70.4 cm³/mol. The van der Waals surface area contributed by atoms with Gasteiger partial charge < -0.3 is 9.31 Å². The third-order valence-corrected chi connectivity index (χ3v) is 3.66. The van der Waals surface area contributed by atoms with E-state index in [1.54, 1.807) is 6.07 Å². The van der Waals surface area contributed by atoms with Gasteiger partial charge in [0, 0.05) is 5.02 Å². The number of aromatic nitrogens is 1. The smallest absolute Gasteiger partial charge is 0.398 e. The molecule has 4 nitrogen and oxygen atoms in total. The molecule has 0 unspecified atom stereocenters. The van der Waals surface area contributed by atoms with E-state index in [9.17, 15) is 4.79 Å². The van der Waals surface area contributed by atoms with E-state index in [1.165, 1.54) is 6.07 Å². The van der Waals surface area contributed by atoms with Gasteiger partial charge in [0.05, 0.1) is 16.8 Å². The molecule has 0 bridgehead atoms. The van der Waals surface area contributed by atoms with E-state index >= 15 is 0 Å². The van der Waals surface area contributed by atoms with Crippen LogP contribution in [0.4, 0.5) is 0 Å². The van der Waals surface area contributed by atoms with Crippen molar-refractivity contribution in [3.8, 4) is 0 Å². The molecule has 1 saturated heterocycles. The average molecular weight is 268 g/mol. The van der Waals surface area contributed by atoms with E-state index in [4.69, 9.17) is 20.9 Å². The van der Waals surface area contributed by atoms with E-state index in [2.05, 4.69) is 4.98 Å². The molecule has 0 aliphatic carbocycles. The standard InChI is InChI=1S/C12H15BClNO3/c1-11(2)12(3,4)18-13(17-11)10-6-8(14)5-9(7-16)15-10/h5-7H,1-4H3. The van der Waals surface area contributed by atoms with Crippen LogP contribution in [-0.4, -0.2) is 29.6 Å². The molecule has 0 aromatic carbocycles. The summed E-state index contributed by atoms with van der Waals surface area (Å²) in [5.74, 6) is 0. The van der Waals surface area contributed by atoms with E-state index < -0.39 is 18.3 Å². The van der Waals surface area contributed by atoms with E-state index in [-0.39, 0.29) is 5.69 Å². The average Bonchev–Trinajstić information content (AvgIpc) is 2.47. The SMILES string of the molecule is CC1(C)OB(c2cc(Cl)cc(C=O)n2)OC1(C)C. The van der Waals surface area contributed by atoms with Crippen LogP contribution < -0.4 is 5.59 Å². The maximum absolute atomic E-state index is 10.8. The van der Waals surface area contributed by atoms with Crippen molar-refractivity contribution in [1.82, 2.24) is 4.98 Å². The monoisotopic (exact) mass is 267 g/mol. The summed E-state index contributed by atoms with van der Waals surface area (Å²) in [6, 6.07) is 3.15. The highest BCUT2D eigenvalue weighted by Gasteiger charge is 2.52. The van der Waals surface area contributed by atoms with Crippen LogP contribution in [0, 0.1) is 0 Å². The highest BCUT2D eigenvalue weighted by Crippen LogP contribution is 2.36. The van der Waals surface area contributed by atoms with Crippen LogP contribution in [0.5, 0.6) is 0 Å². The fourth-order valence-corrected chi connectivity index (χ4v) is 1.91. The minimum Gasteiger partial charge on any atom is -0.398 e. The van der Waals surface area contributed by atoms with E-state index in [0.717, 1.165) is 0 Å². The Morgan fingerprint density at radius 2 is 1.78 bits per heavy atom. The maximum atomic E-state index is 10.8. The minimum atomic E-state index is -0.604. The van der Waals surface area contributed by atoms with Crippen molar-refractivity contribution in [3.05, 3.63) is 22.8 Å². The second-order valence-corrected chi connectivity index (χ2v) is 5.78. The summed E-state index contributed by atoms with van der Waals surface area (Å²) in [7, 11) is -0.604. The lowest BCUT2D eigenvalue weighted by molar-refractivity contribution is 0.00578. The molecule has 1 aliphatic rings. The number of nitrogens with zero attached hydrogens (tertiary/aromatic N) is 1. The number of carbonyl (C=O) groups is 1. The van der Waals surface area contributed by atoms with Crippen LogP contribution in [0.3, 0.4) is 0 Å². The van der Waals surface area contributed by atoms with E-state index in [0.29, 0.717) is 16.9 Å². The van der Waals surface area contributed by atoms with Crippen molar-refractivity contribution >= 4 is 30.6 Å². The molecule has 0 radical (unpaired) electrons. The lowest BCUT2D eigenvalue weighted by Gasteiger charge is -2.32. The summed E-state index contributed by atoms with van der Waals surface area (Å²) < 4.78 is 11.7. The zero-order valence-electron chi connectivity index (χ0n) is 10.9. The Kier molecular flexibility index (Phi) is 3.26. The van der Waals surface area contributed by atoms with Gasteiger partial charge in [0.15, 0.2) is 6.29 Å². The first-order chi connectivity index (χ1) is 8.25. The Morgan fingerprint density at radius 1 is 1.22 bits per heavy atom. The molecule has 2 rings (SSSR count). The molecule has 1 fully saturated rings. The molecule has 2 heterocycles. The van der Waals surface area contributed by atoms with Crippen LogP contribution in [0.1, 0.15) is 38.2 Å².